The summed E-state index contributed by atoms with van der Waals surface area (Å²) < 4.78 is 0. The van der Waals surface area contributed by atoms with Crippen molar-refractivity contribution in [2.24, 2.45) is 0 Å². The summed E-state index contributed by atoms with van der Waals surface area (Å²) in [5, 5.41) is 14.9. The molecule has 2 N–H and O–H groups in total. The Bertz CT molecular complexity index is 789. The number of benzene rings is 2. The Hall–Kier alpha value is -3.13. The number of anilines is 1. The molecule has 122 valence electrons. The van der Waals surface area contributed by atoms with Crippen molar-refractivity contribution in [1.82, 2.24) is 5.32 Å². The Morgan fingerprint density at radius 2 is 1.83 bits per heavy atom. The zero-order chi connectivity index (χ0) is 17.5. The molecule has 0 unspecified atom stereocenters. The fourth-order valence-corrected chi connectivity index (χ4v) is 2.30. The lowest BCUT2D eigenvalue weighted by molar-refractivity contribution is 0.0954. The van der Waals surface area contributed by atoms with Crippen LogP contribution in [0.1, 0.15) is 45.7 Å². The van der Waals surface area contributed by atoms with Crippen LogP contribution in [-0.4, -0.2) is 18.2 Å². The minimum Gasteiger partial charge on any atom is -0.380 e. The third-order valence-electron chi connectivity index (χ3n) is 3.56. The molecule has 0 bridgehead atoms. The molecule has 0 fully saturated rings. The topological polar surface area (TPSA) is 82.0 Å². The van der Waals surface area contributed by atoms with Crippen molar-refractivity contribution in [3.8, 4) is 6.07 Å². The third-order valence-corrected chi connectivity index (χ3v) is 3.56. The van der Waals surface area contributed by atoms with Crippen LogP contribution in [0.2, 0.25) is 0 Å². The number of Topliss-reactive ketones (excluding diaryl/α,β-unsaturated/α-hetero) is 1. The SMILES string of the molecule is CCNC(=O)c1ccc(CNc2cc(C#N)ccc2C(C)=O)cc1. The second-order valence-corrected chi connectivity index (χ2v) is 5.34. The van der Waals surface area contributed by atoms with E-state index < -0.39 is 0 Å². The first kappa shape index (κ1) is 17.2. The van der Waals surface area contributed by atoms with E-state index >= 15 is 0 Å². The minimum absolute atomic E-state index is 0.0615. The summed E-state index contributed by atoms with van der Waals surface area (Å²) >= 11 is 0. The number of rotatable bonds is 6. The van der Waals surface area contributed by atoms with Gasteiger partial charge in [0.05, 0.1) is 11.6 Å². The molecule has 0 heterocycles. The van der Waals surface area contributed by atoms with Crippen LogP contribution in [0.5, 0.6) is 0 Å². The first-order valence-corrected chi connectivity index (χ1v) is 7.71. The number of nitrogens with zero attached hydrogens (tertiary/aromatic N) is 1. The minimum atomic E-state index is -0.0994. The Morgan fingerprint density at radius 3 is 2.42 bits per heavy atom. The summed E-state index contributed by atoms with van der Waals surface area (Å²) in [6.07, 6.45) is 0. The largest absolute Gasteiger partial charge is 0.380 e. The summed E-state index contributed by atoms with van der Waals surface area (Å²) in [6.45, 7) is 4.45. The molecule has 0 radical (unpaired) electrons. The lowest BCUT2D eigenvalue weighted by atomic mass is 10.1. The van der Waals surface area contributed by atoms with E-state index in [1.165, 1.54) is 6.92 Å². The van der Waals surface area contributed by atoms with Gasteiger partial charge in [-0.2, -0.15) is 5.26 Å². The molecule has 24 heavy (non-hydrogen) atoms. The molecule has 1 amide bonds. The maximum atomic E-state index is 11.7. The maximum absolute atomic E-state index is 11.7. The predicted octanol–water partition coefficient (Wildman–Crippen LogP) is 3.12. The predicted molar refractivity (Wildman–Crippen MR) is 92.9 cm³/mol. The number of carbonyl (C=O) groups is 2. The van der Waals surface area contributed by atoms with Crippen molar-refractivity contribution in [3.05, 3.63) is 64.7 Å². The summed E-state index contributed by atoms with van der Waals surface area (Å²) in [5.74, 6) is -0.161. The molecule has 0 aliphatic carbocycles. The van der Waals surface area contributed by atoms with E-state index in [-0.39, 0.29) is 11.7 Å². The fourth-order valence-electron chi connectivity index (χ4n) is 2.30. The normalized spacial score (nSPS) is 9.88. The number of carbonyl (C=O) groups excluding carboxylic acids is 2. The molecular weight excluding hydrogens is 302 g/mol. The summed E-state index contributed by atoms with van der Waals surface area (Å²) in [6, 6.07) is 14.3. The zero-order valence-corrected chi connectivity index (χ0v) is 13.7. The number of amides is 1. The van der Waals surface area contributed by atoms with Gasteiger partial charge in [-0.05, 0) is 49.7 Å². The number of ketones is 1. The van der Waals surface area contributed by atoms with Crippen LogP contribution in [0.3, 0.4) is 0 Å². The number of nitriles is 1. The van der Waals surface area contributed by atoms with Gasteiger partial charge in [-0.25, -0.2) is 0 Å². The molecule has 0 saturated carbocycles. The summed E-state index contributed by atoms with van der Waals surface area (Å²) in [4.78, 5) is 23.4. The van der Waals surface area contributed by atoms with E-state index in [2.05, 4.69) is 16.7 Å². The van der Waals surface area contributed by atoms with E-state index in [1.54, 1.807) is 30.3 Å². The van der Waals surface area contributed by atoms with Crippen LogP contribution in [-0.2, 0) is 6.54 Å². The molecule has 0 saturated heterocycles. The molecule has 0 aliphatic rings. The van der Waals surface area contributed by atoms with E-state index in [1.807, 2.05) is 19.1 Å². The van der Waals surface area contributed by atoms with Crippen molar-refractivity contribution in [3.63, 3.8) is 0 Å². The Morgan fingerprint density at radius 1 is 1.12 bits per heavy atom. The van der Waals surface area contributed by atoms with Gasteiger partial charge < -0.3 is 10.6 Å². The van der Waals surface area contributed by atoms with Crippen molar-refractivity contribution >= 4 is 17.4 Å². The average Bonchev–Trinajstić information content (AvgIpc) is 2.60. The monoisotopic (exact) mass is 321 g/mol. The van der Waals surface area contributed by atoms with Gasteiger partial charge in [0, 0.05) is 29.9 Å². The molecular formula is C19H19N3O2. The maximum Gasteiger partial charge on any atom is 0.251 e. The van der Waals surface area contributed by atoms with Crippen LogP contribution < -0.4 is 10.6 Å². The van der Waals surface area contributed by atoms with Crippen molar-refractivity contribution < 1.29 is 9.59 Å². The second-order valence-electron chi connectivity index (χ2n) is 5.34. The fraction of sp³-hybridized carbons (Fsp3) is 0.211. The Balaban J connectivity index is 2.12. The Kier molecular flexibility index (Phi) is 5.69. The molecule has 5 heteroatoms. The molecule has 2 rings (SSSR count). The van der Waals surface area contributed by atoms with Crippen LogP contribution in [0.25, 0.3) is 0 Å². The van der Waals surface area contributed by atoms with Crippen LogP contribution in [0.4, 0.5) is 5.69 Å². The van der Waals surface area contributed by atoms with Gasteiger partial charge in [0.25, 0.3) is 5.91 Å². The van der Waals surface area contributed by atoms with E-state index in [0.717, 1.165) is 5.56 Å². The lowest BCUT2D eigenvalue weighted by Gasteiger charge is -2.11. The Labute approximate surface area is 141 Å². The van der Waals surface area contributed by atoms with E-state index in [0.29, 0.717) is 35.5 Å². The van der Waals surface area contributed by atoms with Gasteiger partial charge in [0.2, 0.25) is 0 Å². The third kappa shape index (κ3) is 4.20. The number of nitrogens with one attached hydrogen (secondary N) is 2. The molecule has 0 atom stereocenters. The molecule has 2 aromatic carbocycles. The summed E-state index contributed by atoms with van der Waals surface area (Å²) in [7, 11) is 0. The molecule has 0 spiro atoms. The molecule has 0 aromatic heterocycles. The van der Waals surface area contributed by atoms with E-state index in [4.69, 9.17) is 5.26 Å². The number of hydrogen-bond donors (Lipinski definition) is 2. The highest BCUT2D eigenvalue weighted by molar-refractivity contribution is 5.99. The smallest absolute Gasteiger partial charge is 0.251 e. The molecule has 0 aliphatic heterocycles. The van der Waals surface area contributed by atoms with E-state index in [9.17, 15) is 9.59 Å². The lowest BCUT2D eigenvalue weighted by Crippen LogP contribution is -2.22. The summed E-state index contributed by atoms with van der Waals surface area (Å²) in [5.41, 5.74) is 3.26. The van der Waals surface area contributed by atoms with Crippen molar-refractivity contribution in [2.45, 2.75) is 20.4 Å². The standard InChI is InChI=1S/C19H19N3O2/c1-3-21-19(24)16-7-4-14(5-8-16)12-22-18-10-15(11-20)6-9-17(18)13(2)23/h4-10,22H,3,12H2,1-2H3,(H,21,24). The highest BCUT2D eigenvalue weighted by atomic mass is 16.1. The highest BCUT2D eigenvalue weighted by Gasteiger charge is 2.09. The van der Waals surface area contributed by atoms with Crippen LogP contribution in [0, 0.1) is 11.3 Å². The quantitative estimate of drug-likeness (QED) is 0.801. The zero-order valence-electron chi connectivity index (χ0n) is 13.7. The van der Waals surface area contributed by atoms with Crippen molar-refractivity contribution in [2.75, 3.05) is 11.9 Å². The van der Waals surface area contributed by atoms with Crippen LogP contribution in [0.15, 0.2) is 42.5 Å². The van der Waals surface area contributed by atoms with Gasteiger partial charge in [-0.3, -0.25) is 9.59 Å². The highest BCUT2D eigenvalue weighted by Crippen LogP contribution is 2.19. The van der Waals surface area contributed by atoms with Gasteiger partial charge in [0.15, 0.2) is 5.78 Å². The van der Waals surface area contributed by atoms with Gasteiger partial charge >= 0.3 is 0 Å². The molecule has 2 aromatic rings. The van der Waals surface area contributed by atoms with Gasteiger partial charge in [0.1, 0.15) is 0 Å². The van der Waals surface area contributed by atoms with Gasteiger partial charge in [-0.1, -0.05) is 12.1 Å². The first-order valence-electron chi connectivity index (χ1n) is 7.71. The van der Waals surface area contributed by atoms with Crippen LogP contribution >= 0.6 is 0 Å². The van der Waals surface area contributed by atoms with Gasteiger partial charge in [-0.15, -0.1) is 0 Å². The average molecular weight is 321 g/mol. The van der Waals surface area contributed by atoms with Crippen molar-refractivity contribution in [1.29, 1.82) is 5.26 Å². The number of hydrogen-bond acceptors (Lipinski definition) is 4. The second kappa shape index (κ2) is 7.93. The first-order chi connectivity index (χ1) is 11.5. The molecule has 5 nitrogen and oxygen atoms in total.